The zero-order valence-corrected chi connectivity index (χ0v) is 11.3. The first kappa shape index (κ1) is 12.5. The fraction of sp³-hybridized carbons (Fsp3) is 0.533. The molecular weight excluding hydrogens is 240 g/mol. The smallest absolute Gasteiger partial charge is 0.254 e. The quantitative estimate of drug-likeness (QED) is 0.810. The number of ether oxygens (including phenoxy) is 1. The van der Waals surface area contributed by atoms with Gasteiger partial charge >= 0.3 is 0 Å². The van der Waals surface area contributed by atoms with E-state index in [-0.39, 0.29) is 5.91 Å². The molecule has 2 bridgehead atoms. The number of piperidine rings is 1. The molecule has 1 aromatic rings. The summed E-state index contributed by atoms with van der Waals surface area (Å²) in [7, 11) is 1.64. The first-order chi connectivity index (χ1) is 9.28. The van der Waals surface area contributed by atoms with Crippen LogP contribution in [0.2, 0.25) is 0 Å². The molecule has 0 unspecified atom stereocenters. The molecule has 3 aliphatic rings. The fourth-order valence-electron chi connectivity index (χ4n) is 3.05. The van der Waals surface area contributed by atoms with E-state index in [1.807, 2.05) is 24.3 Å². The van der Waals surface area contributed by atoms with Gasteiger partial charge in [0.15, 0.2) is 0 Å². The van der Waals surface area contributed by atoms with Gasteiger partial charge in [-0.25, -0.2) is 0 Å². The Hall–Kier alpha value is -1.55. The molecule has 0 N–H and O–H groups in total. The normalized spacial score (nSPS) is 26.1. The molecule has 0 aromatic heterocycles. The summed E-state index contributed by atoms with van der Waals surface area (Å²) in [6.07, 6.45) is 2.23. The Kier molecular flexibility index (Phi) is 3.42. The topological polar surface area (TPSA) is 32.8 Å². The van der Waals surface area contributed by atoms with Gasteiger partial charge in [0.2, 0.25) is 0 Å². The van der Waals surface area contributed by atoms with E-state index in [1.165, 1.54) is 0 Å². The van der Waals surface area contributed by atoms with Gasteiger partial charge in [0.05, 0.1) is 7.11 Å². The minimum absolute atomic E-state index is 0.163. The van der Waals surface area contributed by atoms with Crippen LogP contribution in [0.3, 0.4) is 0 Å². The summed E-state index contributed by atoms with van der Waals surface area (Å²) in [5, 5.41) is 0. The molecule has 3 aliphatic heterocycles. The summed E-state index contributed by atoms with van der Waals surface area (Å²) in [4.78, 5) is 17.1. The Morgan fingerprint density at radius 1 is 1.11 bits per heavy atom. The van der Waals surface area contributed by atoms with Crippen LogP contribution in [0.25, 0.3) is 0 Å². The number of amides is 1. The summed E-state index contributed by atoms with van der Waals surface area (Å²) in [6, 6.07) is 7.85. The maximum absolute atomic E-state index is 12.6. The first-order valence-corrected chi connectivity index (χ1v) is 6.95. The van der Waals surface area contributed by atoms with Gasteiger partial charge in [0.1, 0.15) is 5.75 Å². The molecule has 3 heterocycles. The monoisotopic (exact) mass is 260 g/mol. The van der Waals surface area contributed by atoms with E-state index >= 15 is 0 Å². The molecule has 0 radical (unpaired) electrons. The lowest BCUT2D eigenvalue weighted by molar-refractivity contribution is 0.0685. The van der Waals surface area contributed by atoms with Crippen LogP contribution < -0.4 is 4.74 Å². The van der Waals surface area contributed by atoms with Crippen molar-refractivity contribution in [3.8, 4) is 5.75 Å². The molecule has 0 saturated carbocycles. The average molecular weight is 260 g/mol. The van der Waals surface area contributed by atoms with E-state index in [2.05, 4.69) is 9.80 Å². The molecule has 0 spiro atoms. The van der Waals surface area contributed by atoms with Crippen LogP contribution in [0.1, 0.15) is 23.2 Å². The number of fused-ring (bicyclic) bond motifs is 4. The molecule has 3 saturated heterocycles. The Balaban J connectivity index is 1.78. The highest BCUT2D eigenvalue weighted by Gasteiger charge is 2.32. The Morgan fingerprint density at radius 2 is 1.79 bits per heavy atom. The highest BCUT2D eigenvalue weighted by Crippen LogP contribution is 2.23. The van der Waals surface area contributed by atoms with E-state index < -0.39 is 0 Å². The van der Waals surface area contributed by atoms with Gasteiger partial charge < -0.3 is 14.5 Å². The van der Waals surface area contributed by atoms with Crippen molar-refractivity contribution in [2.75, 3.05) is 33.3 Å². The molecule has 3 fully saturated rings. The van der Waals surface area contributed by atoms with Crippen molar-refractivity contribution in [2.45, 2.75) is 18.9 Å². The summed E-state index contributed by atoms with van der Waals surface area (Å²) >= 11 is 0. The standard InChI is InChI=1S/C15H20N2O2/c1-19-14-4-2-12(3-5-14)15(18)17-11-10-16-8-6-13(17)7-9-16/h2-5,13H,6-11H2,1H3. The first-order valence-electron chi connectivity index (χ1n) is 6.95. The predicted molar refractivity (Wildman–Crippen MR) is 73.5 cm³/mol. The van der Waals surface area contributed by atoms with Gasteiger partial charge in [0.25, 0.3) is 5.91 Å². The van der Waals surface area contributed by atoms with Crippen molar-refractivity contribution in [2.24, 2.45) is 0 Å². The van der Waals surface area contributed by atoms with Crippen LogP contribution in [0.5, 0.6) is 5.75 Å². The van der Waals surface area contributed by atoms with E-state index in [9.17, 15) is 4.79 Å². The molecule has 102 valence electrons. The van der Waals surface area contributed by atoms with Gasteiger partial charge in [-0.1, -0.05) is 0 Å². The van der Waals surface area contributed by atoms with Crippen LogP contribution in [0, 0.1) is 0 Å². The molecule has 19 heavy (non-hydrogen) atoms. The Morgan fingerprint density at radius 3 is 2.42 bits per heavy atom. The summed E-state index contributed by atoms with van der Waals surface area (Å²) in [5.41, 5.74) is 0.765. The predicted octanol–water partition coefficient (Wildman–Crippen LogP) is 1.62. The second-order valence-electron chi connectivity index (χ2n) is 5.30. The molecule has 4 rings (SSSR count). The van der Waals surface area contributed by atoms with Gasteiger partial charge in [-0.3, -0.25) is 4.79 Å². The van der Waals surface area contributed by atoms with Crippen LogP contribution in [-0.2, 0) is 0 Å². The molecular formula is C15H20N2O2. The number of carbonyl (C=O) groups is 1. The van der Waals surface area contributed by atoms with Crippen LogP contribution in [0.4, 0.5) is 0 Å². The lowest BCUT2D eigenvalue weighted by atomic mass is 10.0. The summed E-state index contributed by atoms with van der Waals surface area (Å²) in [5.74, 6) is 0.955. The van der Waals surface area contributed by atoms with Crippen molar-refractivity contribution in [1.82, 2.24) is 9.80 Å². The number of hydrogen-bond acceptors (Lipinski definition) is 3. The van der Waals surface area contributed by atoms with Gasteiger partial charge in [0, 0.05) is 37.8 Å². The maximum atomic E-state index is 12.6. The van der Waals surface area contributed by atoms with Gasteiger partial charge in [-0.15, -0.1) is 0 Å². The number of rotatable bonds is 2. The van der Waals surface area contributed by atoms with Crippen molar-refractivity contribution in [3.63, 3.8) is 0 Å². The van der Waals surface area contributed by atoms with Crippen molar-refractivity contribution >= 4 is 5.91 Å². The van der Waals surface area contributed by atoms with Gasteiger partial charge in [-0.05, 0) is 37.1 Å². The van der Waals surface area contributed by atoms with E-state index in [1.54, 1.807) is 7.11 Å². The molecule has 4 nitrogen and oxygen atoms in total. The number of hydrogen-bond donors (Lipinski definition) is 0. The average Bonchev–Trinajstić information content (AvgIpc) is 2.80. The van der Waals surface area contributed by atoms with E-state index in [0.29, 0.717) is 6.04 Å². The third-order valence-electron chi connectivity index (χ3n) is 4.25. The Labute approximate surface area is 113 Å². The minimum atomic E-state index is 0.163. The van der Waals surface area contributed by atoms with Crippen LogP contribution in [-0.4, -0.2) is 55.0 Å². The number of benzene rings is 1. The van der Waals surface area contributed by atoms with Crippen LogP contribution in [0.15, 0.2) is 24.3 Å². The maximum Gasteiger partial charge on any atom is 0.254 e. The second-order valence-corrected chi connectivity index (χ2v) is 5.30. The fourth-order valence-corrected chi connectivity index (χ4v) is 3.05. The van der Waals surface area contributed by atoms with Gasteiger partial charge in [-0.2, -0.15) is 0 Å². The number of methoxy groups -OCH3 is 1. The van der Waals surface area contributed by atoms with Crippen LogP contribution >= 0.6 is 0 Å². The van der Waals surface area contributed by atoms with Crippen molar-refractivity contribution in [1.29, 1.82) is 0 Å². The largest absolute Gasteiger partial charge is 0.497 e. The highest BCUT2D eigenvalue weighted by molar-refractivity contribution is 5.94. The SMILES string of the molecule is COc1ccc(C(=O)N2CCN3CCC2CC3)cc1. The summed E-state index contributed by atoms with van der Waals surface area (Å²) in [6.45, 7) is 4.14. The molecule has 4 heteroatoms. The molecule has 0 aliphatic carbocycles. The van der Waals surface area contributed by atoms with E-state index in [0.717, 1.165) is 50.3 Å². The molecule has 1 amide bonds. The zero-order valence-electron chi connectivity index (χ0n) is 11.3. The van der Waals surface area contributed by atoms with Crippen molar-refractivity contribution in [3.05, 3.63) is 29.8 Å². The zero-order chi connectivity index (χ0) is 13.2. The number of carbonyl (C=O) groups excluding carboxylic acids is 1. The molecule has 0 atom stereocenters. The lowest BCUT2D eigenvalue weighted by Crippen LogP contribution is -2.41. The van der Waals surface area contributed by atoms with E-state index in [4.69, 9.17) is 4.74 Å². The third kappa shape index (κ3) is 2.45. The highest BCUT2D eigenvalue weighted by atomic mass is 16.5. The third-order valence-corrected chi connectivity index (χ3v) is 4.25. The second kappa shape index (κ2) is 5.21. The lowest BCUT2D eigenvalue weighted by Gasteiger charge is -2.31. The summed E-state index contributed by atoms with van der Waals surface area (Å²) < 4.78 is 5.13. The van der Waals surface area contributed by atoms with Crippen molar-refractivity contribution < 1.29 is 9.53 Å². The molecule has 1 aromatic carbocycles. The Bertz CT molecular complexity index is 450. The number of nitrogens with zero attached hydrogens (tertiary/aromatic N) is 2. The minimum Gasteiger partial charge on any atom is -0.497 e.